The maximum atomic E-state index is 12.0. The van der Waals surface area contributed by atoms with E-state index < -0.39 is 5.60 Å². The molecule has 1 aromatic rings. The first-order valence-corrected chi connectivity index (χ1v) is 7.46. The summed E-state index contributed by atoms with van der Waals surface area (Å²) in [5.74, 6) is 0. The van der Waals surface area contributed by atoms with Gasteiger partial charge in [0.2, 0.25) is 0 Å². The van der Waals surface area contributed by atoms with Crippen LogP contribution in [0.5, 0.6) is 0 Å². The summed E-state index contributed by atoms with van der Waals surface area (Å²) in [5.41, 5.74) is 1.90. The molecule has 0 N–H and O–H groups in total. The number of carbonyl (C=O) groups is 1. The molecule has 1 aliphatic rings. The highest BCUT2D eigenvalue weighted by Crippen LogP contribution is 2.14. The van der Waals surface area contributed by atoms with Crippen molar-refractivity contribution in [3.63, 3.8) is 0 Å². The van der Waals surface area contributed by atoms with E-state index >= 15 is 0 Å². The van der Waals surface area contributed by atoms with Crippen molar-refractivity contribution >= 4 is 6.09 Å². The van der Waals surface area contributed by atoms with E-state index in [1.807, 2.05) is 40.0 Å². The Labute approximate surface area is 126 Å². The zero-order valence-electron chi connectivity index (χ0n) is 13.4. The van der Waals surface area contributed by atoms with Gasteiger partial charge < -0.3 is 9.64 Å². The summed E-state index contributed by atoms with van der Waals surface area (Å²) in [7, 11) is 0. The Bertz CT molecular complexity index is 489. The third kappa shape index (κ3) is 4.70. The SMILES string of the molecule is Cc1ncccc1CN1CCN(C(=O)OC(C)(C)C)CC1. The van der Waals surface area contributed by atoms with Crippen molar-refractivity contribution in [1.29, 1.82) is 0 Å². The molecule has 1 saturated heterocycles. The van der Waals surface area contributed by atoms with Gasteiger partial charge in [-0.1, -0.05) is 6.07 Å². The molecule has 2 rings (SSSR count). The van der Waals surface area contributed by atoms with E-state index in [4.69, 9.17) is 4.74 Å². The fourth-order valence-corrected chi connectivity index (χ4v) is 2.34. The molecule has 1 aliphatic heterocycles. The highest BCUT2D eigenvalue weighted by molar-refractivity contribution is 5.68. The lowest BCUT2D eigenvalue weighted by Gasteiger charge is -2.35. The van der Waals surface area contributed by atoms with Crippen LogP contribution in [0.1, 0.15) is 32.0 Å². The molecule has 0 radical (unpaired) electrons. The first-order chi connectivity index (χ1) is 9.85. The number of amides is 1. The number of ether oxygens (including phenoxy) is 1. The van der Waals surface area contributed by atoms with Gasteiger partial charge in [0, 0.05) is 44.6 Å². The van der Waals surface area contributed by atoms with Gasteiger partial charge >= 0.3 is 6.09 Å². The van der Waals surface area contributed by atoms with Crippen molar-refractivity contribution in [2.24, 2.45) is 0 Å². The second kappa shape index (κ2) is 6.43. The molecule has 5 heteroatoms. The molecule has 0 saturated carbocycles. The Morgan fingerprint density at radius 3 is 2.52 bits per heavy atom. The molecule has 2 heterocycles. The lowest BCUT2D eigenvalue weighted by Crippen LogP contribution is -2.49. The third-order valence-corrected chi connectivity index (χ3v) is 3.53. The summed E-state index contributed by atoms with van der Waals surface area (Å²) in [6.07, 6.45) is 1.61. The highest BCUT2D eigenvalue weighted by atomic mass is 16.6. The van der Waals surface area contributed by atoms with Crippen molar-refractivity contribution in [3.8, 4) is 0 Å². The zero-order chi connectivity index (χ0) is 15.5. The number of aromatic nitrogens is 1. The van der Waals surface area contributed by atoms with Gasteiger partial charge in [-0.05, 0) is 39.3 Å². The Morgan fingerprint density at radius 2 is 1.95 bits per heavy atom. The zero-order valence-corrected chi connectivity index (χ0v) is 13.4. The Hall–Kier alpha value is -1.62. The molecule has 1 amide bonds. The van der Waals surface area contributed by atoms with E-state index in [0.29, 0.717) is 13.1 Å². The lowest BCUT2D eigenvalue weighted by atomic mass is 10.2. The van der Waals surface area contributed by atoms with Gasteiger partial charge in [-0.3, -0.25) is 9.88 Å². The molecule has 1 aromatic heterocycles. The van der Waals surface area contributed by atoms with Gasteiger partial charge in [-0.25, -0.2) is 4.79 Å². The Morgan fingerprint density at radius 1 is 1.29 bits per heavy atom. The summed E-state index contributed by atoms with van der Waals surface area (Å²) in [4.78, 5) is 20.5. The number of pyridine rings is 1. The number of rotatable bonds is 2. The van der Waals surface area contributed by atoms with E-state index in [-0.39, 0.29) is 6.09 Å². The topological polar surface area (TPSA) is 45.7 Å². The van der Waals surface area contributed by atoms with Crippen LogP contribution in [-0.4, -0.2) is 52.7 Å². The summed E-state index contributed by atoms with van der Waals surface area (Å²) in [6.45, 7) is 11.8. The molecule has 1 fully saturated rings. The minimum Gasteiger partial charge on any atom is -0.444 e. The minimum absolute atomic E-state index is 0.209. The van der Waals surface area contributed by atoms with Crippen LogP contribution in [0.4, 0.5) is 4.79 Å². The van der Waals surface area contributed by atoms with Crippen LogP contribution in [0.2, 0.25) is 0 Å². The second-order valence-corrected chi connectivity index (χ2v) is 6.49. The molecular formula is C16H25N3O2. The van der Waals surface area contributed by atoms with Crippen molar-refractivity contribution in [2.45, 2.75) is 39.8 Å². The predicted molar refractivity (Wildman–Crippen MR) is 82.1 cm³/mol. The highest BCUT2D eigenvalue weighted by Gasteiger charge is 2.25. The van der Waals surface area contributed by atoms with Gasteiger partial charge in [0.05, 0.1) is 0 Å². The molecule has 0 bridgehead atoms. The predicted octanol–water partition coefficient (Wildman–Crippen LogP) is 2.44. The number of nitrogens with zero attached hydrogens (tertiary/aromatic N) is 3. The quantitative estimate of drug-likeness (QED) is 0.839. The first-order valence-electron chi connectivity index (χ1n) is 7.46. The average Bonchev–Trinajstić information content (AvgIpc) is 2.40. The maximum absolute atomic E-state index is 12.0. The van der Waals surface area contributed by atoms with Crippen LogP contribution in [0.25, 0.3) is 0 Å². The number of hydrogen-bond donors (Lipinski definition) is 0. The van der Waals surface area contributed by atoms with Crippen molar-refractivity contribution in [2.75, 3.05) is 26.2 Å². The molecule has 0 aliphatic carbocycles. The third-order valence-electron chi connectivity index (χ3n) is 3.53. The van der Waals surface area contributed by atoms with Gasteiger partial charge in [0.15, 0.2) is 0 Å². The number of hydrogen-bond acceptors (Lipinski definition) is 4. The van der Waals surface area contributed by atoms with Crippen LogP contribution in [0.15, 0.2) is 18.3 Å². The lowest BCUT2D eigenvalue weighted by molar-refractivity contribution is 0.0139. The normalized spacial score (nSPS) is 16.9. The molecular weight excluding hydrogens is 266 g/mol. The molecule has 0 spiro atoms. The molecule has 0 atom stereocenters. The van der Waals surface area contributed by atoms with Gasteiger partial charge in [-0.15, -0.1) is 0 Å². The number of piperazine rings is 1. The molecule has 0 unspecified atom stereocenters. The Kier molecular flexibility index (Phi) is 4.83. The van der Waals surface area contributed by atoms with Gasteiger partial charge in [0.1, 0.15) is 5.60 Å². The van der Waals surface area contributed by atoms with E-state index in [2.05, 4.69) is 16.0 Å². The number of aryl methyl sites for hydroxylation is 1. The second-order valence-electron chi connectivity index (χ2n) is 6.49. The fourth-order valence-electron chi connectivity index (χ4n) is 2.34. The van der Waals surface area contributed by atoms with Crippen LogP contribution in [-0.2, 0) is 11.3 Å². The van der Waals surface area contributed by atoms with Gasteiger partial charge in [0.25, 0.3) is 0 Å². The minimum atomic E-state index is -0.430. The largest absolute Gasteiger partial charge is 0.444 e. The monoisotopic (exact) mass is 291 g/mol. The molecule has 5 nitrogen and oxygen atoms in total. The van der Waals surface area contributed by atoms with Crippen LogP contribution >= 0.6 is 0 Å². The summed E-state index contributed by atoms with van der Waals surface area (Å²) in [6, 6.07) is 4.09. The van der Waals surface area contributed by atoms with Crippen LogP contribution in [0, 0.1) is 6.92 Å². The van der Waals surface area contributed by atoms with Crippen LogP contribution < -0.4 is 0 Å². The smallest absolute Gasteiger partial charge is 0.410 e. The molecule has 0 aromatic carbocycles. The van der Waals surface area contributed by atoms with Crippen molar-refractivity contribution in [3.05, 3.63) is 29.6 Å². The van der Waals surface area contributed by atoms with E-state index in [1.54, 1.807) is 4.90 Å². The number of carbonyl (C=O) groups excluding carboxylic acids is 1. The summed E-state index contributed by atoms with van der Waals surface area (Å²) >= 11 is 0. The average molecular weight is 291 g/mol. The van der Waals surface area contributed by atoms with Crippen LogP contribution in [0.3, 0.4) is 0 Å². The molecule has 116 valence electrons. The standard InChI is InChI=1S/C16H25N3O2/c1-13-14(6-5-7-17-13)12-18-8-10-19(11-9-18)15(20)21-16(2,3)4/h5-7H,8-12H2,1-4H3. The van der Waals surface area contributed by atoms with E-state index in [0.717, 1.165) is 25.3 Å². The van der Waals surface area contributed by atoms with E-state index in [9.17, 15) is 4.79 Å². The summed E-state index contributed by atoms with van der Waals surface area (Å²) in [5, 5.41) is 0. The van der Waals surface area contributed by atoms with E-state index in [1.165, 1.54) is 5.56 Å². The molecule has 21 heavy (non-hydrogen) atoms. The summed E-state index contributed by atoms with van der Waals surface area (Å²) < 4.78 is 5.41. The Balaban J connectivity index is 1.83. The van der Waals surface area contributed by atoms with Crippen molar-refractivity contribution < 1.29 is 9.53 Å². The fraction of sp³-hybridized carbons (Fsp3) is 0.625. The maximum Gasteiger partial charge on any atom is 0.410 e. The first kappa shape index (κ1) is 15.8. The van der Waals surface area contributed by atoms with Crippen molar-refractivity contribution in [1.82, 2.24) is 14.8 Å². The van der Waals surface area contributed by atoms with Gasteiger partial charge in [-0.2, -0.15) is 0 Å².